The molecule has 0 saturated carbocycles. The molecule has 0 spiro atoms. The van der Waals surface area contributed by atoms with Gasteiger partial charge in [0.25, 0.3) is 0 Å². The summed E-state index contributed by atoms with van der Waals surface area (Å²) in [7, 11) is -10.5. The second-order valence-electron chi connectivity index (χ2n) is 14.1. The second kappa shape index (κ2) is 12.0. The molecule has 10 heteroatoms. The molecular weight excluding hydrogens is 547 g/mol. The third kappa shape index (κ3) is 10.1. The number of phosphoric ester groups is 1. The monoisotopic (exact) mass is 594 g/mol. The van der Waals surface area contributed by atoms with E-state index in [1.54, 1.807) is 0 Å². The number of benzene rings is 2. The first-order valence-corrected chi connectivity index (χ1v) is 15.8. The molecule has 1 atom stereocenters. The van der Waals surface area contributed by atoms with E-state index in [1.165, 1.54) is 0 Å². The van der Waals surface area contributed by atoms with Gasteiger partial charge in [-0.3, -0.25) is 4.52 Å². The SMILES string of the molecule is CC(C)(C)c1ccc(C(OP(=O)(O)OP(=O)(O)O)c2ccc(C(C)(C)C)cc2C(C)(C)C)c(C(C)(C)C)c1.[H-].[H-].[Mg+2]. The summed E-state index contributed by atoms with van der Waals surface area (Å²) < 4.78 is 34.5. The predicted octanol–water partition coefficient (Wildman–Crippen LogP) is 8.04. The van der Waals surface area contributed by atoms with Crippen molar-refractivity contribution in [3.8, 4) is 0 Å². The Hall–Kier alpha value is -0.534. The van der Waals surface area contributed by atoms with Crippen LogP contribution in [0.3, 0.4) is 0 Å². The van der Waals surface area contributed by atoms with Crippen LogP contribution in [0.4, 0.5) is 0 Å². The molecule has 0 aliphatic heterocycles. The maximum atomic E-state index is 13.0. The van der Waals surface area contributed by atoms with E-state index in [0.29, 0.717) is 11.1 Å². The van der Waals surface area contributed by atoms with Crippen molar-refractivity contribution in [3.63, 3.8) is 0 Å². The molecule has 0 heterocycles. The Morgan fingerprint density at radius 1 is 0.641 bits per heavy atom. The van der Waals surface area contributed by atoms with Crippen molar-refractivity contribution in [2.24, 2.45) is 0 Å². The van der Waals surface area contributed by atoms with E-state index in [-0.39, 0.29) is 47.6 Å². The minimum Gasteiger partial charge on any atom is -1.00 e. The summed E-state index contributed by atoms with van der Waals surface area (Å²) in [5, 5.41) is 0. The predicted molar refractivity (Wildman–Crippen MR) is 162 cm³/mol. The first-order chi connectivity index (χ1) is 16.7. The molecule has 2 aromatic carbocycles. The van der Waals surface area contributed by atoms with Crippen LogP contribution < -0.4 is 0 Å². The Morgan fingerprint density at radius 2 is 0.974 bits per heavy atom. The molecule has 7 nitrogen and oxygen atoms in total. The van der Waals surface area contributed by atoms with E-state index < -0.39 is 21.7 Å². The van der Waals surface area contributed by atoms with Gasteiger partial charge in [-0.25, -0.2) is 9.13 Å². The van der Waals surface area contributed by atoms with Crippen molar-refractivity contribution < 1.29 is 35.5 Å². The average molecular weight is 595 g/mol. The first kappa shape index (κ1) is 36.5. The van der Waals surface area contributed by atoms with Gasteiger partial charge in [0.15, 0.2) is 0 Å². The van der Waals surface area contributed by atoms with Crippen LogP contribution in [0.25, 0.3) is 0 Å². The van der Waals surface area contributed by atoms with E-state index in [9.17, 15) is 23.8 Å². The zero-order valence-corrected chi connectivity index (χ0v) is 28.8. The van der Waals surface area contributed by atoms with Gasteiger partial charge in [-0.2, -0.15) is 4.31 Å². The molecule has 0 aliphatic rings. The van der Waals surface area contributed by atoms with E-state index >= 15 is 0 Å². The van der Waals surface area contributed by atoms with Crippen molar-refractivity contribution in [1.82, 2.24) is 0 Å². The molecule has 218 valence electrons. The van der Waals surface area contributed by atoms with Crippen LogP contribution in [0.1, 0.15) is 125 Å². The average Bonchev–Trinajstić information content (AvgIpc) is 2.67. The minimum atomic E-state index is -5.31. The number of hydrogen-bond donors (Lipinski definition) is 3. The van der Waals surface area contributed by atoms with E-state index in [2.05, 4.69) is 58.0 Å². The molecule has 0 saturated heterocycles. The van der Waals surface area contributed by atoms with Gasteiger partial charge in [0.1, 0.15) is 6.10 Å². The molecule has 0 bridgehead atoms. The molecule has 0 aromatic heterocycles. The van der Waals surface area contributed by atoms with Crippen molar-refractivity contribution >= 4 is 38.7 Å². The van der Waals surface area contributed by atoms with Gasteiger partial charge in [0, 0.05) is 0 Å². The number of hydrogen-bond acceptors (Lipinski definition) is 4. The number of rotatable bonds is 6. The summed E-state index contributed by atoms with van der Waals surface area (Å²) in [4.78, 5) is 29.1. The fourth-order valence-corrected chi connectivity index (χ4v) is 6.09. The van der Waals surface area contributed by atoms with Gasteiger partial charge in [-0.05, 0) is 55.0 Å². The Labute approximate surface area is 254 Å². The van der Waals surface area contributed by atoms with Crippen LogP contribution in [0.15, 0.2) is 36.4 Å². The van der Waals surface area contributed by atoms with E-state index in [1.807, 2.05) is 65.8 Å². The van der Waals surface area contributed by atoms with Crippen LogP contribution >= 0.6 is 15.6 Å². The molecule has 39 heavy (non-hydrogen) atoms. The van der Waals surface area contributed by atoms with E-state index in [0.717, 1.165) is 22.3 Å². The maximum Gasteiger partial charge on any atom is 2.00 e. The summed E-state index contributed by atoms with van der Waals surface area (Å²) >= 11 is 0. The zero-order valence-electron chi connectivity index (χ0n) is 27.6. The van der Waals surface area contributed by atoms with Gasteiger partial charge >= 0.3 is 38.7 Å². The Balaban J connectivity index is 0. The van der Waals surface area contributed by atoms with Gasteiger partial charge in [-0.15, -0.1) is 0 Å². The van der Waals surface area contributed by atoms with Gasteiger partial charge in [0.05, 0.1) is 0 Å². The van der Waals surface area contributed by atoms with Crippen molar-refractivity contribution in [2.75, 3.05) is 0 Å². The summed E-state index contributed by atoms with van der Waals surface area (Å²) in [6.07, 6.45) is -1.14. The number of phosphoric acid groups is 2. The third-order valence-electron chi connectivity index (χ3n) is 6.47. The summed E-state index contributed by atoms with van der Waals surface area (Å²) in [5.74, 6) is 0. The Bertz CT molecular complexity index is 1190. The fraction of sp³-hybridized carbons (Fsp3) is 0.586. The van der Waals surface area contributed by atoms with Crippen LogP contribution in [-0.2, 0) is 39.6 Å². The molecule has 0 amide bonds. The van der Waals surface area contributed by atoms with Crippen LogP contribution in [0.2, 0.25) is 0 Å². The quantitative estimate of drug-likeness (QED) is 0.229. The standard InChI is InChI=1S/C29H46O7P2.Mg.2H/c1-26(2,3)19-13-15-21(23(17-19)28(7,8)9)25(35-38(33,34)36-37(30,31)32)22-16-14-20(27(4,5)6)18-24(22)29(10,11)12;;;/h13-18,25H,1-12H3,(H,33,34)(H2,30,31,32);;;/q;+2;2*-1. The van der Waals surface area contributed by atoms with Crippen molar-refractivity contribution in [2.45, 2.75) is 111 Å². The minimum absolute atomic E-state index is 0. The zero-order chi connectivity index (χ0) is 29.7. The van der Waals surface area contributed by atoms with Gasteiger partial charge in [0.2, 0.25) is 0 Å². The van der Waals surface area contributed by atoms with Crippen molar-refractivity contribution in [1.29, 1.82) is 0 Å². The van der Waals surface area contributed by atoms with Gasteiger partial charge in [-0.1, -0.05) is 119 Å². The van der Waals surface area contributed by atoms with Gasteiger partial charge < -0.3 is 17.5 Å². The molecule has 1 unspecified atom stereocenters. The summed E-state index contributed by atoms with van der Waals surface area (Å²) in [5.41, 5.74) is 4.17. The largest absolute Gasteiger partial charge is 2.00 e. The van der Waals surface area contributed by atoms with E-state index in [4.69, 9.17) is 4.52 Å². The Morgan fingerprint density at radius 3 is 1.23 bits per heavy atom. The fourth-order valence-electron chi connectivity index (χ4n) is 4.37. The van der Waals surface area contributed by atoms with Crippen molar-refractivity contribution in [3.05, 3.63) is 69.8 Å². The normalized spacial score (nSPS) is 15.2. The smallest absolute Gasteiger partial charge is 1.00 e. The topological polar surface area (TPSA) is 113 Å². The Kier molecular flexibility index (Phi) is 11.2. The van der Waals surface area contributed by atoms with Crippen LogP contribution in [0, 0.1) is 0 Å². The summed E-state index contributed by atoms with van der Waals surface area (Å²) in [6, 6.07) is 11.9. The molecule has 0 radical (unpaired) electrons. The van der Waals surface area contributed by atoms with Crippen LogP contribution in [-0.4, -0.2) is 37.7 Å². The second-order valence-corrected chi connectivity index (χ2v) is 16.9. The summed E-state index contributed by atoms with van der Waals surface area (Å²) in [6.45, 7) is 25.0. The first-order valence-electron chi connectivity index (χ1n) is 12.8. The van der Waals surface area contributed by atoms with Crippen LogP contribution in [0.5, 0.6) is 0 Å². The molecule has 3 N–H and O–H groups in total. The molecule has 2 rings (SSSR count). The molecule has 2 aromatic rings. The molecule has 0 fully saturated rings. The maximum absolute atomic E-state index is 13.0. The molecular formula is C29H48MgO7P2. The molecule has 0 aliphatic carbocycles. The third-order valence-corrected chi connectivity index (χ3v) is 8.62.